The zero-order chi connectivity index (χ0) is 27.0. The summed E-state index contributed by atoms with van der Waals surface area (Å²) >= 11 is 0. The average molecular weight is 524 g/mol. The first-order valence-corrected chi connectivity index (χ1v) is 13.1. The Morgan fingerprint density at radius 1 is 0.897 bits per heavy atom. The molecule has 0 saturated carbocycles. The molecule has 3 N–H and O–H groups in total. The van der Waals surface area contributed by atoms with Gasteiger partial charge in [-0.2, -0.15) is 4.98 Å². The van der Waals surface area contributed by atoms with Crippen LogP contribution in [0.2, 0.25) is 0 Å². The molecule has 0 fully saturated rings. The Balaban J connectivity index is 1.40. The van der Waals surface area contributed by atoms with Gasteiger partial charge in [-0.05, 0) is 67.2 Å². The van der Waals surface area contributed by atoms with Crippen LogP contribution in [0.5, 0.6) is 11.5 Å². The second-order valence-electron chi connectivity index (χ2n) is 8.90. The molecule has 0 unspecified atom stereocenters. The number of nitrogens with zero attached hydrogens (tertiary/aromatic N) is 4. The van der Waals surface area contributed by atoms with E-state index in [0.29, 0.717) is 18.4 Å². The fourth-order valence-electron chi connectivity index (χ4n) is 4.40. The molecule has 0 aliphatic rings. The normalized spacial score (nSPS) is 11.1. The molecule has 0 spiro atoms. The van der Waals surface area contributed by atoms with Gasteiger partial charge in [0.25, 0.3) is 0 Å². The molecule has 0 saturated heterocycles. The highest BCUT2D eigenvalue weighted by Gasteiger charge is 2.15. The monoisotopic (exact) mass is 523 g/mol. The highest BCUT2D eigenvalue weighted by atomic mass is 16.5. The number of anilines is 4. The quantitative estimate of drug-likeness (QED) is 0.177. The molecule has 3 aromatic heterocycles. The minimum absolute atomic E-state index is 0.464. The zero-order valence-corrected chi connectivity index (χ0v) is 22.4. The molecule has 9 nitrogen and oxygen atoms in total. The topological polar surface area (TPSA) is 100 Å². The van der Waals surface area contributed by atoms with Gasteiger partial charge in [0.15, 0.2) is 0 Å². The maximum atomic E-state index is 5.92. The van der Waals surface area contributed by atoms with Gasteiger partial charge in [-0.1, -0.05) is 26.0 Å². The zero-order valence-electron chi connectivity index (χ0n) is 22.4. The van der Waals surface area contributed by atoms with E-state index in [-0.39, 0.29) is 0 Å². The molecule has 2 aromatic carbocycles. The largest absolute Gasteiger partial charge is 0.495 e. The fourth-order valence-corrected chi connectivity index (χ4v) is 4.40. The lowest BCUT2D eigenvalue weighted by Crippen LogP contribution is -2.27. The number of hydrogen-bond donors (Lipinski definition) is 3. The molecule has 200 valence electrons. The second-order valence-corrected chi connectivity index (χ2v) is 8.90. The number of nitrogens with one attached hydrogen (secondary N) is 3. The van der Waals surface area contributed by atoms with Crippen LogP contribution in [0, 0.1) is 0 Å². The van der Waals surface area contributed by atoms with Crippen molar-refractivity contribution >= 4 is 34.2 Å². The summed E-state index contributed by atoms with van der Waals surface area (Å²) in [6, 6.07) is 19.5. The van der Waals surface area contributed by atoms with Crippen LogP contribution in [-0.2, 0) is 0 Å². The summed E-state index contributed by atoms with van der Waals surface area (Å²) in [5.41, 5.74) is 4.28. The number of methoxy groups -OCH3 is 1. The smallest absolute Gasteiger partial charge is 0.229 e. The number of para-hydroxylation sites is 2. The van der Waals surface area contributed by atoms with Gasteiger partial charge in [0.1, 0.15) is 29.6 Å². The van der Waals surface area contributed by atoms with Crippen molar-refractivity contribution in [2.45, 2.75) is 13.8 Å². The molecule has 0 aliphatic heterocycles. The summed E-state index contributed by atoms with van der Waals surface area (Å²) in [6.07, 6.45) is 5.47. The molecule has 0 radical (unpaired) electrons. The lowest BCUT2D eigenvalue weighted by Gasteiger charge is -2.18. The molecule has 0 amide bonds. The Hall–Kier alpha value is -4.63. The summed E-state index contributed by atoms with van der Waals surface area (Å²) in [6.45, 7) is 7.92. The highest BCUT2D eigenvalue weighted by molar-refractivity contribution is 5.96. The van der Waals surface area contributed by atoms with E-state index < -0.39 is 0 Å². The third-order valence-corrected chi connectivity index (χ3v) is 6.58. The fraction of sp³-hybridized carbons (Fsp3) is 0.233. The molecule has 0 atom stereocenters. The Morgan fingerprint density at radius 2 is 1.72 bits per heavy atom. The van der Waals surface area contributed by atoms with Crippen molar-refractivity contribution in [1.29, 1.82) is 0 Å². The maximum Gasteiger partial charge on any atom is 0.229 e. The maximum absolute atomic E-state index is 5.92. The number of rotatable bonds is 12. The van der Waals surface area contributed by atoms with Gasteiger partial charge < -0.3 is 30.0 Å². The van der Waals surface area contributed by atoms with Crippen molar-refractivity contribution in [2.75, 3.05) is 44.0 Å². The number of benzene rings is 2. The standard InChI is InChI=1S/C30H33N7O2/c1-4-37(5-2)18-19-39-22-12-10-21(11-13-22)34-30-33-20-25(23-14-16-31-28-24(23)15-17-32-28)29(36-30)35-26-8-6-7-9-27(26)38-3/h6-17,20H,4-5,18-19H2,1-3H3,(H,31,32)(H2,33,34,35,36). The van der Waals surface area contributed by atoms with Crippen molar-refractivity contribution in [3.8, 4) is 22.6 Å². The molecule has 0 bridgehead atoms. The Bertz CT molecular complexity index is 1510. The van der Waals surface area contributed by atoms with Crippen molar-refractivity contribution in [3.05, 3.63) is 79.3 Å². The first-order chi connectivity index (χ1) is 19.2. The minimum Gasteiger partial charge on any atom is -0.495 e. The summed E-state index contributed by atoms with van der Waals surface area (Å²) < 4.78 is 11.5. The van der Waals surface area contributed by atoms with Gasteiger partial charge in [-0.3, -0.25) is 0 Å². The summed E-state index contributed by atoms with van der Waals surface area (Å²) in [5, 5.41) is 7.75. The number of aromatic amines is 1. The Labute approximate surface area is 228 Å². The molecular weight excluding hydrogens is 490 g/mol. The molecular formula is C30H33N7O2. The number of fused-ring (bicyclic) bond motifs is 1. The lowest BCUT2D eigenvalue weighted by atomic mass is 10.1. The van der Waals surface area contributed by atoms with E-state index in [1.807, 2.05) is 73.1 Å². The van der Waals surface area contributed by atoms with E-state index in [1.54, 1.807) is 13.3 Å². The van der Waals surface area contributed by atoms with E-state index in [0.717, 1.165) is 64.7 Å². The second kappa shape index (κ2) is 12.3. The molecule has 0 aliphatic carbocycles. The summed E-state index contributed by atoms with van der Waals surface area (Å²) in [5.74, 6) is 2.65. The predicted molar refractivity (Wildman–Crippen MR) is 156 cm³/mol. The van der Waals surface area contributed by atoms with Crippen molar-refractivity contribution < 1.29 is 9.47 Å². The molecule has 5 aromatic rings. The number of pyridine rings is 1. The van der Waals surface area contributed by atoms with Crippen molar-refractivity contribution in [1.82, 2.24) is 24.8 Å². The van der Waals surface area contributed by atoms with Gasteiger partial charge in [-0.25, -0.2) is 9.97 Å². The van der Waals surface area contributed by atoms with Crippen LogP contribution in [-0.4, -0.2) is 58.2 Å². The van der Waals surface area contributed by atoms with Crippen molar-refractivity contribution in [2.24, 2.45) is 0 Å². The third kappa shape index (κ3) is 6.10. The Kier molecular flexibility index (Phi) is 8.18. The first kappa shape index (κ1) is 26.0. The van der Waals surface area contributed by atoms with E-state index >= 15 is 0 Å². The summed E-state index contributed by atoms with van der Waals surface area (Å²) in [4.78, 5) is 19.4. The van der Waals surface area contributed by atoms with E-state index in [4.69, 9.17) is 14.5 Å². The molecule has 5 rings (SSSR count). The van der Waals surface area contributed by atoms with Crippen LogP contribution < -0.4 is 20.1 Å². The van der Waals surface area contributed by atoms with Crippen molar-refractivity contribution in [3.63, 3.8) is 0 Å². The van der Waals surface area contributed by atoms with Gasteiger partial charge in [0, 0.05) is 41.8 Å². The van der Waals surface area contributed by atoms with E-state index in [2.05, 4.69) is 44.3 Å². The van der Waals surface area contributed by atoms with Gasteiger partial charge in [0.2, 0.25) is 5.95 Å². The number of likely N-dealkylation sites (N-methyl/N-ethyl adjacent to an activating group) is 1. The molecule has 39 heavy (non-hydrogen) atoms. The number of aromatic nitrogens is 4. The van der Waals surface area contributed by atoms with Crippen LogP contribution in [0.25, 0.3) is 22.2 Å². The van der Waals surface area contributed by atoms with E-state index in [1.165, 1.54) is 0 Å². The number of ether oxygens (including phenoxy) is 2. The highest BCUT2D eigenvalue weighted by Crippen LogP contribution is 2.35. The minimum atomic E-state index is 0.464. The van der Waals surface area contributed by atoms with Crippen LogP contribution in [0.1, 0.15) is 13.8 Å². The predicted octanol–water partition coefficient (Wildman–Crippen LogP) is 6.24. The van der Waals surface area contributed by atoms with Gasteiger partial charge >= 0.3 is 0 Å². The van der Waals surface area contributed by atoms with Gasteiger partial charge in [-0.15, -0.1) is 0 Å². The van der Waals surface area contributed by atoms with Crippen LogP contribution >= 0.6 is 0 Å². The third-order valence-electron chi connectivity index (χ3n) is 6.58. The average Bonchev–Trinajstić information content (AvgIpc) is 3.46. The van der Waals surface area contributed by atoms with E-state index in [9.17, 15) is 0 Å². The summed E-state index contributed by atoms with van der Waals surface area (Å²) in [7, 11) is 1.65. The number of H-pyrrole nitrogens is 1. The molecule has 9 heteroatoms. The SMILES string of the molecule is CCN(CC)CCOc1ccc(Nc2ncc(-c3ccnc4[nH]ccc34)c(Nc3ccccc3OC)n2)cc1. The van der Waals surface area contributed by atoms with Crippen LogP contribution in [0.15, 0.2) is 79.3 Å². The molecule has 3 heterocycles. The van der Waals surface area contributed by atoms with Crippen LogP contribution in [0.4, 0.5) is 23.1 Å². The number of hydrogen-bond acceptors (Lipinski definition) is 8. The Morgan fingerprint density at radius 3 is 2.51 bits per heavy atom. The van der Waals surface area contributed by atoms with Crippen LogP contribution in [0.3, 0.4) is 0 Å². The van der Waals surface area contributed by atoms with Gasteiger partial charge in [0.05, 0.1) is 12.8 Å². The first-order valence-electron chi connectivity index (χ1n) is 13.1. The lowest BCUT2D eigenvalue weighted by molar-refractivity contribution is 0.223.